The minimum absolute atomic E-state index is 0.0501. The molecule has 2 aromatic rings. The van der Waals surface area contributed by atoms with E-state index >= 15 is 0 Å². The van der Waals surface area contributed by atoms with Gasteiger partial charge in [-0.05, 0) is 30.3 Å². The molecule has 0 aliphatic heterocycles. The van der Waals surface area contributed by atoms with Crippen LogP contribution in [0.1, 0.15) is 25.3 Å². The molecule has 0 heterocycles. The Morgan fingerprint density at radius 1 is 1.17 bits per heavy atom. The molecule has 0 spiro atoms. The smallest absolute Gasteiger partial charge is 0.363 e. The Kier molecular flexibility index (Phi) is 8.26. The summed E-state index contributed by atoms with van der Waals surface area (Å²) in [5, 5.41) is 41.6. The molecule has 8 nitrogen and oxygen atoms in total. The first-order chi connectivity index (χ1) is 13.9. The summed E-state index contributed by atoms with van der Waals surface area (Å²) in [4.78, 5) is 12.0. The fourth-order valence-electron chi connectivity index (χ4n) is 2.76. The number of benzene rings is 2. The number of phenols is 1. The van der Waals surface area contributed by atoms with Gasteiger partial charge in [0.05, 0.1) is 6.61 Å². The highest BCUT2D eigenvalue weighted by Crippen LogP contribution is 2.23. The number of carboxylic acid groups (broad SMARTS) is 1. The molecule has 0 saturated carbocycles. The Morgan fingerprint density at radius 3 is 2.52 bits per heavy atom. The van der Waals surface area contributed by atoms with Gasteiger partial charge in [-0.25, -0.2) is 4.79 Å². The first kappa shape index (κ1) is 22.5. The van der Waals surface area contributed by atoms with Crippen molar-refractivity contribution < 1.29 is 34.7 Å². The van der Waals surface area contributed by atoms with E-state index in [0.29, 0.717) is 23.5 Å². The first-order valence-electron chi connectivity index (χ1n) is 9.36. The number of hydrogen-bond donors (Lipinski definition) is 5. The molecule has 0 aliphatic carbocycles. The van der Waals surface area contributed by atoms with Gasteiger partial charge in [-0.15, -0.1) is 0 Å². The van der Waals surface area contributed by atoms with Gasteiger partial charge in [0.25, 0.3) is 5.72 Å². The van der Waals surface area contributed by atoms with Crippen LogP contribution in [-0.2, 0) is 11.4 Å². The van der Waals surface area contributed by atoms with E-state index in [2.05, 4.69) is 5.32 Å². The van der Waals surface area contributed by atoms with Crippen LogP contribution in [0.3, 0.4) is 0 Å². The largest absolute Gasteiger partial charge is 0.508 e. The number of aliphatic hydroxyl groups is 2. The molecule has 0 saturated heterocycles. The van der Waals surface area contributed by atoms with Crippen LogP contribution in [-0.4, -0.2) is 51.4 Å². The number of rotatable bonds is 12. The van der Waals surface area contributed by atoms with Gasteiger partial charge >= 0.3 is 5.97 Å². The van der Waals surface area contributed by atoms with Crippen molar-refractivity contribution in [2.45, 2.75) is 38.2 Å². The van der Waals surface area contributed by atoms with Crippen LogP contribution in [0, 0.1) is 0 Å². The van der Waals surface area contributed by atoms with Gasteiger partial charge < -0.3 is 29.9 Å². The lowest BCUT2D eigenvalue weighted by Gasteiger charge is -2.32. The Hall–Kier alpha value is -2.81. The van der Waals surface area contributed by atoms with Crippen LogP contribution >= 0.6 is 0 Å². The predicted molar refractivity (Wildman–Crippen MR) is 106 cm³/mol. The molecular weight excluding hydrogens is 378 g/mol. The zero-order valence-electron chi connectivity index (χ0n) is 16.2. The van der Waals surface area contributed by atoms with Crippen molar-refractivity contribution in [3.8, 4) is 17.2 Å². The Bertz CT molecular complexity index is 784. The average Bonchev–Trinajstić information content (AvgIpc) is 2.72. The van der Waals surface area contributed by atoms with Crippen LogP contribution in [0.25, 0.3) is 0 Å². The molecule has 8 heteroatoms. The third-order valence-electron chi connectivity index (χ3n) is 4.27. The molecule has 5 N–H and O–H groups in total. The molecule has 0 radical (unpaired) electrons. The highest BCUT2D eigenvalue weighted by molar-refractivity contribution is 5.77. The number of carbonyl (C=O) groups is 1. The molecule has 0 fully saturated rings. The van der Waals surface area contributed by atoms with Crippen LogP contribution in [0.2, 0.25) is 0 Å². The number of carboxylic acids is 1. The number of ether oxygens (including phenoxy) is 2. The molecule has 2 atom stereocenters. The molecule has 0 aliphatic rings. The summed E-state index contributed by atoms with van der Waals surface area (Å²) in [7, 11) is 0. The second-order valence-corrected chi connectivity index (χ2v) is 6.59. The normalized spacial score (nSPS) is 14.0. The van der Waals surface area contributed by atoms with Crippen molar-refractivity contribution in [3.63, 3.8) is 0 Å². The predicted octanol–water partition coefficient (Wildman–Crippen LogP) is 1.87. The minimum Gasteiger partial charge on any atom is -0.508 e. The third kappa shape index (κ3) is 6.35. The van der Waals surface area contributed by atoms with Gasteiger partial charge in [0.15, 0.2) is 0 Å². The van der Waals surface area contributed by atoms with E-state index < -0.39 is 17.8 Å². The highest BCUT2D eigenvalue weighted by Gasteiger charge is 2.40. The number of aliphatic hydroxyl groups excluding tert-OH is 2. The number of aromatic hydroxyl groups is 1. The summed E-state index contributed by atoms with van der Waals surface area (Å²) < 4.78 is 11.2. The van der Waals surface area contributed by atoms with Gasteiger partial charge in [0, 0.05) is 18.5 Å². The fraction of sp³-hybridized carbons (Fsp3) is 0.381. The van der Waals surface area contributed by atoms with Crippen molar-refractivity contribution in [1.82, 2.24) is 5.32 Å². The average molecular weight is 405 g/mol. The number of nitrogens with one attached hydrogen (secondary N) is 1. The molecule has 2 rings (SSSR count). The maximum absolute atomic E-state index is 12.0. The lowest BCUT2D eigenvalue weighted by atomic mass is 10.1. The molecule has 2 unspecified atom stereocenters. The summed E-state index contributed by atoms with van der Waals surface area (Å²) in [6, 6.07) is 13.0. The summed E-state index contributed by atoms with van der Waals surface area (Å²) in [6.07, 6.45) is -0.268. The number of aliphatic carboxylic acids is 1. The van der Waals surface area contributed by atoms with Crippen LogP contribution < -0.4 is 14.8 Å². The van der Waals surface area contributed by atoms with E-state index in [9.17, 15) is 25.2 Å². The van der Waals surface area contributed by atoms with E-state index in [1.165, 1.54) is 18.2 Å². The highest BCUT2D eigenvalue weighted by atomic mass is 16.5. The fourth-order valence-corrected chi connectivity index (χ4v) is 2.76. The summed E-state index contributed by atoms with van der Waals surface area (Å²) >= 11 is 0. The van der Waals surface area contributed by atoms with Gasteiger partial charge in [0.1, 0.15) is 30.0 Å². The maximum atomic E-state index is 12.0. The SMILES string of the molecule is CCCC(NCC(O)COc1ccc(O)c(CO)c1)(Oc1ccccc1)C(=O)O. The topological polar surface area (TPSA) is 128 Å². The monoisotopic (exact) mass is 405 g/mol. The van der Waals surface area contributed by atoms with Gasteiger partial charge in [0.2, 0.25) is 0 Å². The minimum atomic E-state index is -1.68. The molecule has 0 aromatic heterocycles. The standard InChI is InChI=1S/C21H27NO7/c1-2-10-21(20(26)27,29-17-6-4-3-5-7-17)22-12-16(24)14-28-18-8-9-19(25)15(11-18)13-23/h3-9,11,16,22-25H,2,10,12-14H2,1H3,(H,26,27). The van der Waals surface area contributed by atoms with Gasteiger partial charge in [-0.1, -0.05) is 31.5 Å². The lowest BCUT2D eigenvalue weighted by Crippen LogP contribution is -2.58. The number of para-hydroxylation sites is 1. The molecule has 158 valence electrons. The van der Waals surface area contributed by atoms with Gasteiger partial charge in [-0.3, -0.25) is 5.32 Å². The third-order valence-corrected chi connectivity index (χ3v) is 4.27. The van der Waals surface area contributed by atoms with E-state index in [4.69, 9.17) is 9.47 Å². The van der Waals surface area contributed by atoms with Crippen molar-refractivity contribution in [1.29, 1.82) is 0 Å². The van der Waals surface area contributed by atoms with Crippen LogP contribution in [0.15, 0.2) is 48.5 Å². The second kappa shape index (κ2) is 10.7. The number of hydrogen-bond acceptors (Lipinski definition) is 7. The van der Waals surface area contributed by atoms with E-state index in [-0.39, 0.29) is 31.9 Å². The Balaban J connectivity index is 1.99. The van der Waals surface area contributed by atoms with Gasteiger partial charge in [-0.2, -0.15) is 0 Å². The Morgan fingerprint density at radius 2 is 1.90 bits per heavy atom. The molecule has 29 heavy (non-hydrogen) atoms. The van der Waals surface area contributed by atoms with Crippen molar-refractivity contribution >= 4 is 5.97 Å². The molecular formula is C21H27NO7. The maximum Gasteiger partial charge on any atom is 0.363 e. The summed E-state index contributed by atoms with van der Waals surface area (Å²) in [6.45, 7) is 1.30. The van der Waals surface area contributed by atoms with Crippen LogP contribution in [0.4, 0.5) is 0 Å². The molecule has 0 amide bonds. The zero-order valence-corrected chi connectivity index (χ0v) is 16.2. The lowest BCUT2D eigenvalue weighted by molar-refractivity contribution is -0.160. The van der Waals surface area contributed by atoms with Crippen molar-refractivity contribution in [3.05, 3.63) is 54.1 Å². The van der Waals surface area contributed by atoms with Crippen molar-refractivity contribution in [2.24, 2.45) is 0 Å². The van der Waals surface area contributed by atoms with Crippen LogP contribution in [0.5, 0.6) is 17.2 Å². The van der Waals surface area contributed by atoms with Crippen molar-refractivity contribution in [2.75, 3.05) is 13.2 Å². The molecule has 0 bridgehead atoms. The first-order valence-corrected chi connectivity index (χ1v) is 9.36. The van der Waals surface area contributed by atoms with E-state index in [0.717, 1.165) is 0 Å². The van der Waals surface area contributed by atoms with E-state index in [1.807, 2.05) is 6.92 Å². The second-order valence-electron chi connectivity index (χ2n) is 6.59. The Labute approximate surface area is 169 Å². The summed E-state index contributed by atoms with van der Waals surface area (Å²) in [5.74, 6) is -0.458. The molecule has 2 aromatic carbocycles. The summed E-state index contributed by atoms with van der Waals surface area (Å²) in [5.41, 5.74) is -1.38. The zero-order chi connectivity index (χ0) is 21.3. The quantitative estimate of drug-likeness (QED) is 0.339. The van der Waals surface area contributed by atoms with E-state index in [1.54, 1.807) is 30.3 Å².